The van der Waals surface area contributed by atoms with E-state index in [1.807, 2.05) is 56.3 Å². The second-order valence-electron chi connectivity index (χ2n) is 5.79. The molecular weight excluding hydrogens is 316 g/mol. The monoisotopic (exact) mass is 340 g/mol. The molecule has 0 unspecified atom stereocenters. The standard InChI is InChI=1S/C21H24O4/c1-17(2)14-16-21(19(22)24-3,20(23)25-4)15-10-6-9-13-18-11-7-5-8-12-18/h5,7-9,11-14H,15-16H2,1-4H3/b13-9+. The maximum Gasteiger partial charge on any atom is 0.324 e. The number of carbonyl (C=O) groups is 2. The van der Waals surface area contributed by atoms with Crippen molar-refractivity contribution in [2.45, 2.75) is 26.7 Å². The summed E-state index contributed by atoms with van der Waals surface area (Å²) in [4.78, 5) is 24.6. The van der Waals surface area contributed by atoms with Gasteiger partial charge in [-0.2, -0.15) is 0 Å². The van der Waals surface area contributed by atoms with Gasteiger partial charge in [-0.25, -0.2) is 0 Å². The van der Waals surface area contributed by atoms with Gasteiger partial charge in [0.05, 0.1) is 14.2 Å². The van der Waals surface area contributed by atoms with Gasteiger partial charge in [-0.05, 0) is 38.0 Å². The number of allylic oxidation sites excluding steroid dienone is 3. The third-order valence-electron chi connectivity index (χ3n) is 3.66. The van der Waals surface area contributed by atoms with Crippen molar-refractivity contribution < 1.29 is 19.1 Å². The molecule has 0 fully saturated rings. The van der Waals surface area contributed by atoms with Crippen LogP contribution in [0.3, 0.4) is 0 Å². The average molecular weight is 340 g/mol. The highest BCUT2D eigenvalue weighted by molar-refractivity contribution is 6.00. The van der Waals surface area contributed by atoms with Crippen molar-refractivity contribution in [1.29, 1.82) is 0 Å². The predicted octanol–water partition coefficient (Wildman–Crippen LogP) is 3.78. The third-order valence-corrected chi connectivity index (χ3v) is 3.66. The maximum absolute atomic E-state index is 12.3. The molecule has 0 aliphatic carbocycles. The molecule has 0 bridgehead atoms. The lowest BCUT2D eigenvalue weighted by Gasteiger charge is -2.25. The van der Waals surface area contributed by atoms with Gasteiger partial charge in [0.25, 0.3) is 0 Å². The van der Waals surface area contributed by atoms with Crippen LogP contribution in [0.2, 0.25) is 0 Å². The first-order chi connectivity index (χ1) is 12.0. The number of hydrogen-bond donors (Lipinski definition) is 0. The Balaban J connectivity index is 3.02. The van der Waals surface area contributed by atoms with E-state index in [4.69, 9.17) is 9.47 Å². The van der Waals surface area contributed by atoms with Crippen molar-refractivity contribution in [3.8, 4) is 11.8 Å². The van der Waals surface area contributed by atoms with E-state index in [1.54, 1.807) is 6.08 Å². The molecule has 0 saturated heterocycles. The normalized spacial score (nSPS) is 10.6. The summed E-state index contributed by atoms with van der Waals surface area (Å²) in [6.07, 6.45) is 5.58. The summed E-state index contributed by atoms with van der Waals surface area (Å²) in [5, 5.41) is 0. The van der Waals surface area contributed by atoms with Gasteiger partial charge in [0, 0.05) is 6.42 Å². The van der Waals surface area contributed by atoms with Gasteiger partial charge in [0.1, 0.15) is 0 Å². The van der Waals surface area contributed by atoms with E-state index in [9.17, 15) is 9.59 Å². The molecule has 0 saturated carbocycles. The molecule has 0 amide bonds. The van der Waals surface area contributed by atoms with Crippen LogP contribution in [0.15, 0.2) is 48.1 Å². The zero-order valence-corrected chi connectivity index (χ0v) is 15.2. The molecule has 0 aromatic heterocycles. The van der Waals surface area contributed by atoms with E-state index in [0.29, 0.717) is 0 Å². The Bertz CT molecular complexity index is 682. The molecule has 0 spiro atoms. The summed E-state index contributed by atoms with van der Waals surface area (Å²) in [6, 6.07) is 9.73. The van der Waals surface area contributed by atoms with Gasteiger partial charge < -0.3 is 9.47 Å². The Morgan fingerprint density at radius 2 is 1.68 bits per heavy atom. The van der Waals surface area contributed by atoms with Crippen LogP contribution in [0.1, 0.15) is 32.3 Å². The van der Waals surface area contributed by atoms with Crippen molar-refractivity contribution in [2.24, 2.45) is 5.41 Å². The highest BCUT2D eigenvalue weighted by atomic mass is 16.5. The molecule has 0 aliphatic rings. The van der Waals surface area contributed by atoms with Crippen LogP contribution in [0.4, 0.5) is 0 Å². The van der Waals surface area contributed by atoms with Gasteiger partial charge in [0.15, 0.2) is 5.41 Å². The molecule has 1 rings (SSSR count). The molecule has 25 heavy (non-hydrogen) atoms. The molecular formula is C21H24O4. The number of esters is 2. The lowest BCUT2D eigenvalue weighted by Crippen LogP contribution is -2.40. The van der Waals surface area contributed by atoms with E-state index in [2.05, 4.69) is 11.8 Å². The summed E-state index contributed by atoms with van der Waals surface area (Å²) >= 11 is 0. The quantitative estimate of drug-likeness (QED) is 0.342. The third kappa shape index (κ3) is 5.96. The second-order valence-corrected chi connectivity index (χ2v) is 5.79. The molecule has 0 N–H and O–H groups in total. The second kappa shape index (κ2) is 10.1. The number of methoxy groups -OCH3 is 2. The fraction of sp³-hybridized carbons (Fsp3) is 0.333. The highest BCUT2D eigenvalue weighted by Crippen LogP contribution is 2.31. The van der Waals surface area contributed by atoms with E-state index in [-0.39, 0.29) is 12.8 Å². The first kappa shape index (κ1) is 20.2. The molecule has 0 aliphatic heterocycles. The smallest absolute Gasteiger partial charge is 0.324 e. The molecule has 1 aromatic rings. The van der Waals surface area contributed by atoms with E-state index >= 15 is 0 Å². The summed E-state index contributed by atoms with van der Waals surface area (Å²) in [7, 11) is 2.51. The Morgan fingerprint density at radius 3 is 2.20 bits per heavy atom. The van der Waals surface area contributed by atoms with Crippen molar-refractivity contribution in [3.05, 3.63) is 53.6 Å². The van der Waals surface area contributed by atoms with Gasteiger partial charge in [0.2, 0.25) is 0 Å². The fourth-order valence-electron chi connectivity index (χ4n) is 2.20. The zero-order chi connectivity index (χ0) is 18.7. The number of carbonyl (C=O) groups excluding carboxylic acids is 2. The summed E-state index contributed by atoms with van der Waals surface area (Å²) in [5.74, 6) is 4.47. The van der Waals surface area contributed by atoms with Crippen molar-refractivity contribution in [3.63, 3.8) is 0 Å². The van der Waals surface area contributed by atoms with Crippen molar-refractivity contribution in [2.75, 3.05) is 14.2 Å². The fourth-order valence-corrected chi connectivity index (χ4v) is 2.20. The minimum absolute atomic E-state index is 0.0231. The van der Waals surface area contributed by atoms with E-state index in [0.717, 1.165) is 11.1 Å². The summed E-state index contributed by atoms with van der Waals surface area (Å²) in [5.41, 5.74) is 0.566. The van der Waals surface area contributed by atoms with Crippen LogP contribution >= 0.6 is 0 Å². The highest BCUT2D eigenvalue weighted by Gasteiger charge is 2.47. The first-order valence-corrected chi connectivity index (χ1v) is 7.96. The Kier molecular flexibility index (Phi) is 8.22. The van der Waals surface area contributed by atoms with Crippen molar-refractivity contribution in [1.82, 2.24) is 0 Å². The van der Waals surface area contributed by atoms with Crippen LogP contribution < -0.4 is 0 Å². The van der Waals surface area contributed by atoms with Gasteiger partial charge in [-0.3, -0.25) is 9.59 Å². The molecule has 4 heteroatoms. The van der Waals surface area contributed by atoms with Crippen LogP contribution in [-0.2, 0) is 19.1 Å². The van der Waals surface area contributed by atoms with Gasteiger partial charge in [-0.15, -0.1) is 0 Å². The topological polar surface area (TPSA) is 52.6 Å². The molecule has 132 valence electrons. The number of ether oxygens (including phenoxy) is 2. The minimum Gasteiger partial charge on any atom is -0.468 e. The Morgan fingerprint density at radius 1 is 1.08 bits per heavy atom. The van der Waals surface area contributed by atoms with Crippen molar-refractivity contribution >= 4 is 18.0 Å². The van der Waals surface area contributed by atoms with Crippen LogP contribution in [0.5, 0.6) is 0 Å². The zero-order valence-electron chi connectivity index (χ0n) is 15.2. The number of hydrogen-bond acceptors (Lipinski definition) is 4. The van der Waals surface area contributed by atoms with Crippen LogP contribution in [0, 0.1) is 17.3 Å². The van der Waals surface area contributed by atoms with E-state index in [1.165, 1.54) is 14.2 Å². The Labute approximate surface area is 149 Å². The molecule has 4 nitrogen and oxygen atoms in total. The molecule has 0 radical (unpaired) electrons. The molecule has 1 aromatic carbocycles. The van der Waals surface area contributed by atoms with Crippen LogP contribution in [0.25, 0.3) is 6.08 Å². The summed E-state index contributed by atoms with van der Waals surface area (Å²) in [6.45, 7) is 3.79. The minimum atomic E-state index is -1.45. The predicted molar refractivity (Wildman–Crippen MR) is 98.4 cm³/mol. The molecule has 0 heterocycles. The summed E-state index contributed by atoms with van der Waals surface area (Å²) < 4.78 is 9.69. The molecule has 0 atom stereocenters. The lowest BCUT2D eigenvalue weighted by molar-refractivity contribution is -0.168. The number of benzene rings is 1. The largest absolute Gasteiger partial charge is 0.468 e. The van der Waals surface area contributed by atoms with Crippen LogP contribution in [-0.4, -0.2) is 26.2 Å². The SMILES string of the molecule is COC(=O)C(CC#C/C=C/c1ccccc1)(CC=C(C)C)C(=O)OC. The lowest BCUT2D eigenvalue weighted by atomic mass is 9.80. The van der Waals surface area contributed by atoms with Gasteiger partial charge in [-0.1, -0.05) is 53.8 Å². The number of rotatable bonds is 6. The Hall–Kier alpha value is -2.80. The van der Waals surface area contributed by atoms with E-state index < -0.39 is 17.4 Å². The average Bonchev–Trinajstić information content (AvgIpc) is 2.63. The maximum atomic E-state index is 12.3. The first-order valence-electron chi connectivity index (χ1n) is 7.96. The van der Waals surface area contributed by atoms with Gasteiger partial charge >= 0.3 is 11.9 Å².